The van der Waals surface area contributed by atoms with Crippen molar-refractivity contribution in [2.45, 2.75) is 25.6 Å². The molecule has 27 heavy (non-hydrogen) atoms. The van der Waals surface area contributed by atoms with E-state index in [1.54, 1.807) is 0 Å². The van der Waals surface area contributed by atoms with Crippen LogP contribution in [0.1, 0.15) is 28.8 Å². The van der Waals surface area contributed by atoms with Crippen LogP contribution in [-0.2, 0) is 6.54 Å². The molecule has 1 aromatic heterocycles. The van der Waals surface area contributed by atoms with E-state index in [-0.39, 0.29) is 17.4 Å². The van der Waals surface area contributed by atoms with Crippen molar-refractivity contribution < 1.29 is 22.7 Å². The van der Waals surface area contributed by atoms with E-state index in [9.17, 15) is 18.0 Å². The summed E-state index contributed by atoms with van der Waals surface area (Å²) < 4.78 is 40.8. The molecule has 1 aliphatic rings. The zero-order valence-corrected chi connectivity index (χ0v) is 14.6. The molecular formula is C19H20F3N3O2. The summed E-state index contributed by atoms with van der Waals surface area (Å²) in [7, 11) is 0. The van der Waals surface area contributed by atoms with E-state index in [1.165, 1.54) is 36.9 Å². The fourth-order valence-electron chi connectivity index (χ4n) is 2.84. The normalized spacial score (nSPS) is 14.3. The van der Waals surface area contributed by atoms with Gasteiger partial charge in [0.2, 0.25) is 5.88 Å². The number of hydrogen-bond acceptors (Lipinski definition) is 4. The van der Waals surface area contributed by atoms with Gasteiger partial charge in [0.1, 0.15) is 0 Å². The maximum absolute atomic E-state index is 12.1. The van der Waals surface area contributed by atoms with Gasteiger partial charge in [0, 0.05) is 37.6 Å². The maximum Gasteiger partial charge on any atom is 0.422 e. The van der Waals surface area contributed by atoms with E-state index >= 15 is 0 Å². The summed E-state index contributed by atoms with van der Waals surface area (Å²) in [6.45, 7) is 1.09. The molecule has 8 heteroatoms. The minimum absolute atomic E-state index is 0.179. The molecule has 1 N–H and O–H groups in total. The molecule has 2 heterocycles. The molecular weight excluding hydrogens is 359 g/mol. The van der Waals surface area contributed by atoms with Crippen LogP contribution in [0.15, 0.2) is 42.6 Å². The van der Waals surface area contributed by atoms with E-state index in [1.807, 2.05) is 24.3 Å². The van der Waals surface area contributed by atoms with Crippen molar-refractivity contribution in [3.8, 4) is 5.88 Å². The molecule has 0 atom stereocenters. The Morgan fingerprint density at radius 1 is 1.11 bits per heavy atom. The number of rotatable bonds is 6. The number of carbonyl (C=O) groups is 1. The van der Waals surface area contributed by atoms with Crippen LogP contribution in [0, 0.1) is 0 Å². The fraction of sp³-hybridized carbons (Fsp3) is 0.368. The van der Waals surface area contributed by atoms with Gasteiger partial charge in [-0.2, -0.15) is 13.2 Å². The highest BCUT2D eigenvalue weighted by Gasteiger charge is 2.28. The lowest BCUT2D eigenvalue weighted by atomic mass is 10.2. The number of hydrogen-bond donors (Lipinski definition) is 1. The fourth-order valence-corrected chi connectivity index (χ4v) is 2.84. The van der Waals surface area contributed by atoms with Crippen molar-refractivity contribution in [1.82, 2.24) is 10.3 Å². The van der Waals surface area contributed by atoms with Gasteiger partial charge in [-0.25, -0.2) is 4.98 Å². The number of carbonyl (C=O) groups excluding carboxylic acids is 1. The van der Waals surface area contributed by atoms with E-state index in [4.69, 9.17) is 0 Å². The van der Waals surface area contributed by atoms with Gasteiger partial charge >= 0.3 is 6.18 Å². The monoisotopic (exact) mass is 379 g/mol. The lowest BCUT2D eigenvalue weighted by Gasteiger charge is -2.17. The van der Waals surface area contributed by atoms with E-state index in [0.29, 0.717) is 6.54 Å². The first-order valence-electron chi connectivity index (χ1n) is 8.68. The molecule has 1 aromatic carbocycles. The zero-order chi connectivity index (χ0) is 19.3. The first-order valence-corrected chi connectivity index (χ1v) is 8.68. The van der Waals surface area contributed by atoms with Gasteiger partial charge in [0.05, 0.1) is 5.56 Å². The molecule has 0 spiro atoms. The Morgan fingerprint density at radius 2 is 1.81 bits per heavy atom. The third-order valence-corrected chi connectivity index (χ3v) is 4.24. The van der Waals surface area contributed by atoms with E-state index in [0.717, 1.165) is 18.7 Å². The van der Waals surface area contributed by atoms with Crippen LogP contribution in [0.5, 0.6) is 5.88 Å². The Kier molecular flexibility index (Phi) is 5.83. The van der Waals surface area contributed by atoms with Crippen molar-refractivity contribution in [2.75, 3.05) is 24.6 Å². The standard InChI is InChI=1S/C19H20F3N3O2/c20-19(21,22)13-27-17-8-5-15(12-23-17)18(26)24-11-14-3-6-16(7-4-14)25-9-1-2-10-25/h3-8,12H,1-2,9-11,13H2,(H,24,26). The summed E-state index contributed by atoms with van der Waals surface area (Å²) in [6, 6.07) is 10.7. The van der Waals surface area contributed by atoms with Crippen molar-refractivity contribution >= 4 is 11.6 Å². The Balaban J connectivity index is 1.50. The van der Waals surface area contributed by atoms with Crippen molar-refractivity contribution in [1.29, 1.82) is 0 Å². The second-order valence-electron chi connectivity index (χ2n) is 6.33. The van der Waals surface area contributed by atoms with Crippen LogP contribution in [0.25, 0.3) is 0 Å². The number of ether oxygens (including phenoxy) is 1. The number of benzene rings is 1. The molecule has 0 radical (unpaired) electrons. The first-order chi connectivity index (χ1) is 12.9. The lowest BCUT2D eigenvalue weighted by molar-refractivity contribution is -0.154. The first kappa shape index (κ1) is 19.0. The Labute approximate surface area is 155 Å². The van der Waals surface area contributed by atoms with Crippen LogP contribution in [0.4, 0.5) is 18.9 Å². The third-order valence-electron chi connectivity index (χ3n) is 4.24. The maximum atomic E-state index is 12.1. The van der Waals surface area contributed by atoms with Gasteiger partial charge in [-0.1, -0.05) is 12.1 Å². The van der Waals surface area contributed by atoms with Crippen molar-refractivity contribution in [3.05, 3.63) is 53.7 Å². The predicted molar refractivity (Wildman–Crippen MR) is 94.8 cm³/mol. The molecule has 1 amide bonds. The second-order valence-corrected chi connectivity index (χ2v) is 6.33. The Morgan fingerprint density at radius 3 is 2.41 bits per heavy atom. The number of amides is 1. The number of alkyl halides is 3. The average molecular weight is 379 g/mol. The molecule has 0 unspecified atom stereocenters. The average Bonchev–Trinajstić information content (AvgIpc) is 3.19. The largest absolute Gasteiger partial charge is 0.468 e. The molecule has 144 valence electrons. The molecule has 3 rings (SSSR count). The number of pyridine rings is 1. The van der Waals surface area contributed by atoms with Crippen LogP contribution in [-0.4, -0.2) is 36.8 Å². The van der Waals surface area contributed by atoms with Crippen LogP contribution >= 0.6 is 0 Å². The molecule has 1 saturated heterocycles. The second kappa shape index (κ2) is 8.28. The van der Waals surface area contributed by atoms with Gasteiger partial charge < -0.3 is 15.0 Å². The zero-order valence-electron chi connectivity index (χ0n) is 14.6. The van der Waals surface area contributed by atoms with Gasteiger partial charge in [-0.3, -0.25) is 4.79 Å². The molecule has 5 nitrogen and oxygen atoms in total. The Bertz CT molecular complexity index is 755. The summed E-state index contributed by atoms with van der Waals surface area (Å²) in [5.74, 6) is -0.533. The van der Waals surface area contributed by atoms with Gasteiger partial charge in [0.15, 0.2) is 6.61 Å². The van der Waals surface area contributed by atoms with Gasteiger partial charge in [-0.15, -0.1) is 0 Å². The lowest BCUT2D eigenvalue weighted by Crippen LogP contribution is -2.23. The molecule has 1 aliphatic heterocycles. The minimum Gasteiger partial charge on any atom is -0.468 e. The topological polar surface area (TPSA) is 54.5 Å². The summed E-state index contributed by atoms with van der Waals surface area (Å²) >= 11 is 0. The molecule has 0 aliphatic carbocycles. The van der Waals surface area contributed by atoms with Crippen LogP contribution in [0.2, 0.25) is 0 Å². The van der Waals surface area contributed by atoms with E-state index in [2.05, 4.69) is 19.9 Å². The number of halogens is 3. The molecule has 1 fully saturated rings. The minimum atomic E-state index is -4.43. The Hall–Kier alpha value is -2.77. The number of nitrogens with zero attached hydrogens (tertiary/aromatic N) is 2. The summed E-state index contributed by atoms with van der Waals surface area (Å²) in [4.78, 5) is 18.2. The highest BCUT2D eigenvalue weighted by atomic mass is 19.4. The molecule has 0 bridgehead atoms. The van der Waals surface area contributed by atoms with Crippen molar-refractivity contribution in [3.63, 3.8) is 0 Å². The highest BCUT2D eigenvalue weighted by molar-refractivity contribution is 5.93. The van der Waals surface area contributed by atoms with Gasteiger partial charge in [0.25, 0.3) is 5.91 Å². The third kappa shape index (κ3) is 5.60. The van der Waals surface area contributed by atoms with E-state index < -0.39 is 12.8 Å². The molecule has 0 saturated carbocycles. The number of anilines is 1. The summed E-state index contributed by atoms with van der Waals surface area (Å²) in [5, 5.41) is 2.77. The smallest absolute Gasteiger partial charge is 0.422 e. The van der Waals surface area contributed by atoms with Gasteiger partial charge in [-0.05, 0) is 36.6 Å². The quantitative estimate of drug-likeness (QED) is 0.834. The van der Waals surface area contributed by atoms with Crippen LogP contribution < -0.4 is 15.0 Å². The number of aromatic nitrogens is 1. The molecule has 2 aromatic rings. The van der Waals surface area contributed by atoms with Crippen molar-refractivity contribution in [2.24, 2.45) is 0 Å². The van der Waals surface area contributed by atoms with Crippen LogP contribution in [0.3, 0.4) is 0 Å². The predicted octanol–water partition coefficient (Wildman–Crippen LogP) is 3.55. The summed E-state index contributed by atoms with van der Waals surface area (Å²) in [6.07, 6.45) is -0.808. The number of nitrogens with one attached hydrogen (secondary N) is 1. The SMILES string of the molecule is O=C(NCc1ccc(N2CCCC2)cc1)c1ccc(OCC(F)(F)F)nc1. The highest BCUT2D eigenvalue weighted by Crippen LogP contribution is 2.20. The summed E-state index contributed by atoms with van der Waals surface area (Å²) in [5.41, 5.74) is 2.40.